The monoisotopic (exact) mass is 565 g/mol. The molecule has 38 heavy (non-hydrogen) atoms. The van der Waals surface area contributed by atoms with Crippen molar-refractivity contribution in [2.75, 3.05) is 31.0 Å². The molecule has 1 unspecified atom stereocenters. The lowest BCUT2D eigenvalue weighted by atomic mass is 9.90. The number of nitrogens with one attached hydrogen (secondary N) is 1. The fourth-order valence-electron chi connectivity index (χ4n) is 4.34. The number of hydrogen-bond donors (Lipinski definition) is 3. The van der Waals surface area contributed by atoms with E-state index in [0.29, 0.717) is 12.1 Å². The van der Waals surface area contributed by atoms with Gasteiger partial charge in [-0.3, -0.25) is 4.21 Å². The number of hydrogen-bond acceptors (Lipinski definition) is 8. The van der Waals surface area contributed by atoms with Gasteiger partial charge in [0.05, 0.1) is 18.4 Å². The van der Waals surface area contributed by atoms with Gasteiger partial charge in [0, 0.05) is 60.4 Å². The number of methoxy groups -OCH3 is 1. The van der Waals surface area contributed by atoms with Crippen molar-refractivity contribution in [1.29, 1.82) is 0 Å². The van der Waals surface area contributed by atoms with E-state index in [4.69, 9.17) is 15.0 Å². The van der Waals surface area contributed by atoms with E-state index >= 15 is 0 Å². The minimum atomic E-state index is -4.76. The van der Waals surface area contributed by atoms with Gasteiger partial charge < -0.3 is 30.2 Å². The second-order valence-electron chi connectivity index (χ2n) is 10.8. The zero-order valence-corrected chi connectivity index (χ0v) is 22.6. The number of nitrogens with zero attached hydrogens (tertiary/aromatic N) is 1. The van der Waals surface area contributed by atoms with Crippen LogP contribution < -0.4 is 15.8 Å². The van der Waals surface area contributed by atoms with Gasteiger partial charge in [-0.25, -0.2) is 4.39 Å². The lowest BCUT2D eigenvalue weighted by Gasteiger charge is -2.35. The van der Waals surface area contributed by atoms with E-state index in [0.717, 1.165) is 18.9 Å². The van der Waals surface area contributed by atoms with Gasteiger partial charge in [0.2, 0.25) is 6.10 Å². The van der Waals surface area contributed by atoms with Crippen LogP contribution in [-0.2, 0) is 34.9 Å². The maximum Gasteiger partial charge on any atom is 0.427 e. The Balaban J connectivity index is 1.70. The Bertz CT molecular complexity index is 1110. The highest BCUT2D eigenvalue weighted by atomic mass is 32.2. The molecular weight excluding hydrogens is 530 g/mol. The Hall–Kier alpha value is -2.22. The van der Waals surface area contributed by atoms with Crippen LogP contribution in [0.25, 0.3) is 0 Å². The zero-order chi connectivity index (χ0) is 28.3. The van der Waals surface area contributed by atoms with Gasteiger partial charge in [0.15, 0.2) is 0 Å². The number of rotatable bonds is 10. The van der Waals surface area contributed by atoms with E-state index in [1.165, 1.54) is 6.07 Å². The number of nitrogen functional groups attached to an aromatic ring is 1. The molecule has 1 aliphatic rings. The predicted octanol–water partition coefficient (Wildman–Crippen LogP) is 3.38. The van der Waals surface area contributed by atoms with Crippen molar-refractivity contribution >= 4 is 16.5 Å². The highest BCUT2D eigenvalue weighted by Gasteiger charge is 2.42. The minimum absolute atomic E-state index is 0.0256. The van der Waals surface area contributed by atoms with Gasteiger partial charge >= 0.3 is 6.18 Å². The molecule has 1 saturated heterocycles. The summed E-state index contributed by atoms with van der Waals surface area (Å²) in [5, 5.41) is 18.2. The van der Waals surface area contributed by atoms with Crippen LogP contribution >= 0.6 is 0 Å². The number of nitrogens with two attached hydrogens (primary N) is 1. The predicted molar refractivity (Wildman–Crippen MR) is 135 cm³/mol. The SMILES string of the molecule is COC[C@@H](Oc1cc(C[C@@H]2CS(=O)C[C@H](NCc3cc(CC(C)(C)C)on3)[C@H]2O)cc(F)c1N)C(F)(F)F. The van der Waals surface area contributed by atoms with Crippen molar-refractivity contribution in [1.82, 2.24) is 10.5 Å². The average Bonchev–Trinajstić information content (AvgIpc) is 3.22. The van der Waals surface area contributed by atoms with E-state index in [-0.39, 0.29) is 35.4 Å². The van der Waals surface area contributed by atoms with Crippen LogP contribution in [0.2, 0.25) is 0 Å². The second-order valence-corrected chi connectivity index (χ2v) is 12.4. The van der Waals surface area contributed by atoms with Crippen LogP contribution in [0.1, 0.15) is 37.8 Å². The average molecular weight is 566 g/mol. The number of halogens is 4. The van der Waals surface area contributed by atoms with Crippen LogP contribution in [0.15, 0.2) is 22.7 Å². The van der Waals surface area contributed by atoms with E-state index in [9.17, 15) is 26.9 Å². The largest absolute Gasteiger partial charge is 0.476 e. The van der Waals surface area contributed by atoms with Crippen LogP contribution in [-0.4, -0.2) is 64.1 Å². The molecule has 214 valence electrons. The molecule has 0 radical (unpaired) electrons. The summed E-state index contributed by atoms with van der Waals surface area (Å²) in [6.07, 6.45) is -7.29. The van der Waals surface area contributed by atoms with Crippen LogP contribution in [0.3, 0.4) is 0 Å². The summed E-state index contributed by atoms with van der Waals surface area (Å²) < 4.78 is 81.9. The van der Waals surface area contributed by atoms with Gasteiger partial charge in [-0.2, -0.15) is 13.2 Å². The molecule has 5 atom stereocenters. The maximum absolute atomic E-state index is 14.5. The first-order valence-corrected chi connectivity index (χ1v) is 13.7. The van der Waals surface area contributed by atoms with Crippen LogP contribution in [0, 0.1) is 17.2 Å². The van der Waals surface area contributed by atoms with Crippen molar-refractivity contribution in [3.63, 3.8) is 0 Å². The topological polar surface area (TPSA) is 120 Å². The third-order valence-corrected chi connectivity index (χ3v) is 7.65. The van der Waals surface area contributed by atoms with Crippen LogP contribution in [0.4, 0.5) is 23.2 Å². The standard InChI is InChI=1S/C25H35F4N3O5S/c1-24(2,3)9-17-8-16(32-37-17)10-31-19-13-38(34)12-15(23(19)33)5-14-6-18(26)22(30)20(7-14)36-21(11-35-4)25(27,28)29/h6-8,15,19,21,23,31,33H,5,9-13,30H2,1-4H3/t15-,19+,21-,23+,38?/m1/s1. The van der Waals surface area contributed by atoms with Crippen molar-refractivity contribution in [3.8, 4) is 5.75 Å². The molecule has 4 N–H and O–H groups in total. The van der Waals surface area contributed by atoms with Crippen molar-refractivity contribution in [2.45, 2.75) is 64.6 Å². The highest BCUT2D eigenvalue weighted by molar-refractivity contribution is 7.85. The number of alkyl halides is 3. The molecule has 13 heteroatoms. The van der Waals surface area contributed by atoms with E-state index in [1.807, 2.05) is 6.07 Å². The molecule has 0 aliphatic carbocycles. The summed E-state index contributed by atoms with van der Waals surface area (Å²) >= 11 is 0. The fraction of sp³-hybridized carbons (Fsp3) is 0.640. The second kappa shape index (κ2) is 12.3. The quantitative estimate of drug-likeness (QED) is 0.296. The number of benzene rings is 1. The molecule has 1 aromatic heterocycles. The molecule has 0 bridgehead atoms. The number of aliphatic hydroxyl groups excluding tert-OH is 1. The molecule has 1 fully saturated rings. The molecule has 3 rings (SSSR count). The lowest BCUT2D eigenvalue weighted by molar-refractivity contribution is -0.206. The first-order chi connectivity index (χ1) is 17.7. The summed E-state index contributed by atoms with van der Waals surface area (Å²) in [6.45, 7) is 5.73. The molecule has 0 amide bonds. The zero-order valence-electron chi connectivity index (χ0n) is 21.8. The molecule has 1 aromatic carbocycles. The highest BCUT2D eigenvalue weighted by Crippen LogP contribution is 2.33. The third-order valence-electron chi connectivity index (χ3n) is 6.12. The number of anilines is 1. The summed E-state index contributed by atoms with van der Waals surface area (Å²) in [4.78, 5) is 0. The minimum Gasteiger partial charge on any atom is -0.476 e. The maximum atomic E-state index is 14.5. The molecule has 0 spiro atoms. The van der Waals surface area contributed by atoms with E-state index in [2.05, 4.69) is 36.0 Å². The fourth-order valence-corrected chi connectivity index (χ4v) is 5.98. The Morgan fingerprint density at radius 2 is 1.97 bits per heavy atom. The van der Waals surface area contributed by atoms with Crippen molar-refractivity contribution in [2.24, 2.45) is 11.3 Å². The number of ether oxygens (including phenoxy) is 2. The first-order valence-electron chi connectivity index (χ1n) is 12.2. The Kier molecular flexibility index (Phi) is 9.82. The first kappa shape index (κ1) is 30.3. The Labute approximate surface area is 221 Å². The number of aliphatic hydroxyl groups is 1. The summed E-state index contributed by atoms with van der Waals surface area (Å²) in [6, 6.07) is 3.59. The Morgan fingerprint density at radius 3 is 2.61 bits per heavy atom. The van der Waals surface area contributed by atoms with Gasteiger partial charge in [-0.1, -0.05) is 25.9 Å². The Morgan fingerprint density at radius 1 is 1.26 bits per heavy atom. The molecule has 0 saturated carbocycles. The smallest absolute Gasteiger partial charge is 0.427 e. The third kappa shape index (κ3) is 8.39. The molecule has 2 aromatic rings. The van der Waals surface area contributed by atoms with E-state index in [1.54, 1.807) is 0 Å². The summed E-state index contributed by atoms with van der Waals surface area (Å²) in [5.74, 6) is -0.882. The van der Waals surface area contributed by atoms with Crippen molar-refractivity contribution < 1.29 is 40.9 Å². The molecule has 1 aliphatic heterocycles. The number of aromatic nitrogens is 1. The molecule has 2 heterocycles. The van der Waals surface area contributed by atoms with Gasteiger partial charge in [0.1, 0.15) is 23.0 Å². The van der Waals surface area contributed by atoms with Crippen LogP contribution in [0.5, 0.6) is 5.75 Å². The summed E-state index contributed by atoms with van der Waals surface area (Å²) in [5.41, 5.74) is 6.01. The van der Waals surface area contributed by atoms with Gasteiger partial charge in [-0.05, 0) is 29.5 Å². The van der Waals surface area contributed by atoms with Gasteiger partial charge in [-0.15, -0.1) is 0 Å². The van der Waals surface area contributed by atoms with E-state index < -0.39 is 65.0 Å². The lowest BCUT2D eigenvalue weighted by Crippen LogP contribution is -2.53. The van der Waals surface area contributed by atoms with Gasteiger partial charge in [0.25, 0.3) is 0 Å². The molecular formula is C25H35F4N3O5S. The molecule has 8 nitrogen and oxygen atoms in total. The van der Waals surface area contributed by atoms with Crippen molar-refractivity contribution in [3.05, 3.63) is 41.0 Å². The normalized spacial score (nSPS) is 23.4. The summed E-state index contributed by atoms with van der Waals surface area (Å²) in [7, 11) is -0.193.